The number of aromatic nitrogens is 1. The highest BCUT2D eigenvalue weighted by Gasteiger charge is 2.35. The lowest BCUT2D eigenvalue weighted by molar-refractivity contribution is -0.127. The molecular weight excluding hydrogens is 553 g/mol. The first-order valence-electron chi connectivity index (χ1n) is 13.8. The van der Waals surface area contributed by atoms with E-state index >= 15 is 0 Å². The number of allylic oxidation sites excluding steroid dienone is 1. The van der Waals surface area contributed by atoms with Crippen LogP contribution < -0.4 is 24.4 Å². The number of para-hydroxylation sites is 2. The normalized spacial score (nSPS) is 14.8. The zero-order valence-corrected chi connectivity index (χ0v) is 24.8. The fraction of sp³-hybridized carbons (Fsp3) is 0.242. The summed E-state index contributed by atoms with van der Waals surface area (Å²) in [5.74, 6) is 0.577. The van der Waals surface area contributed by atoms with Crippen molar-refractivity contribution in [3.63, 3.8) is 0 Å². The summed E-state index contributed by atoms with van der Waals surface area (Å²) in [4.78, 5) is 34.9. The number of likely N-dealkylation sites (N-methyl/N-ethyl adjacent to an activating group) is 1. The summed E-state index contributed by atoms with van der Waals surface area (Å²) < 4.78 is 27.9. The van der Waals surface area contributed by atoms with Gasteiger partial charge in [-0.15, -0.1) is 0 Å². The van der Waals surface area contributed by atoms with Crippen LogP contribution in [-0.2, 0) is 11.4 Å². The van der Waals surface area contributed by atoms with E-state index in [0.29, 0.717) is 61.9 Å². The van der Waals surface area contributed by atoms with Crippen LogP contribution >= 0.6 is 11.3 Å². The van der Waals surface area contributed by atoms with Gasteiger partial charge in [-0.25, -0.2) is 9.38 Å². The van der Waals surface area contributed by atoms with Crippen molar-refractivity contribution >= 4 is 23.3 Å². The fourth-order valence-electron chi connectivity index (χ4n) is 5.11. The maximum atomic E-state index is 14.2. The van der Waals surface area contributed by atoms with Crippen LogP contribution in [0.1, 0.15) is 43.5 Å². The highest BCUT2D eigenvalue weighted by molar-refractivity contribution is 7.07. The number of nitrogens with zero attached hydrogens (tertiary/aromatic N) is 3. The number of hydrogen-bond acceptors (Lipinski definition) is 6. The van der Waals surface area contributed by atoms with E-state index in [-0.39, 0.29) is 23.9 Å². The van der Waals surface area contributed by atoms with Crippen LogP contribution in [0, 0.1) is 5.82 Å². The quantitative estimate of drug-likeness (QED) is 0.282. The molecule has 216 valence electrons. The van der Waals surface area contributed by atoms with Crippen LogP contribution in [0.15, 0.2) is 93.9 Å². The van der Waals surface area contributed by atoms with Gasteiger partial charge in [0.1, 0.15) is 30.0 Å². The molecule has 0 N–H and O–H groups in total. The Bertz CT molecular complexity index is 1840. The third-order valence-electron chi connectivity index (χ3n) is 7.28. The first kappa shape index (κ1) is 29.0. The highest BCUT2D eigenvalue weighted by atomic mass is 32.1. The number of amides is 1. The second kappa shape index (κ2) is 12.6. The Morgan fingerprint density at radius 2 is 1.69 bits per heavy atom. The number of halogens is 1. The summed E-state index contributed by atoms with van der Waals surface area (Å²) in [6.45, 7) is 6.76. The molecule has 0 saturated heterocycles. The molecule has 0 bridgehead atoms. The van der Waals surface area contributed by atoms with Gasteiger partial charge in [0.25, 0.3) is 11.5 Å². The first-order valence-corrected chi connectivity index (χ1v) is 14.6. The lowest BCUT2D eigenvalue weighted by Crippen LogP contribution is -2.43. The van der Waals surface area contributed by atoms with Gasteiger partial charge in [-0.05, 0) is 45.0 Å². The predicted molar refractivity (Wildman–Crippen MR) is 162 cm³/mol. The molecule has 9 heteroatoms. The number of rotatable bonds is 9. The topological polar surface area (TPSA) is 73.1 Å². The van der Waals surface area contributed by atoms with Gasteiger partial charge < -0.3 is 14.4 Å². The van der Waals surface area contributed by atoms with Crippen molar-refractivity contribution in [3.8, 4) is 11.5 Å². The molecule has 1 aliphatic rings. The van der Waals surface area contributed by atoms with Crippen molar-refractivity contribution in [2.45, 2.75) is 33.4 Å². The Morgan fingerprint density at radius 3 is 2.40 bits per heavy atom. The Balaban J connectivity index is 1.64. The SMILES string of the molecule is CCN(CC)C(=O)C1=C(C)N=c2sc(=Cc3ccccc3OCc3ccccc3F)c(=O)n2C1c1ccccc1OC. The van der Waals surface area contributed by atoms with Crippen LogP contribution in [0.5, 0.6) is 11.5 Å². The molecule has 0 aliphatic carbocycles. The molecule has 1 unspecified atom stereocenters. The number of hydrogen-bond donors (Lipinski definition) is 0. The number of ether oxygens (including phenoxy) is 2. The second-order valence-electron chi connectivity index (χ2n) is 9.72. The van der Waals surface area contributed by atoms with Crippen molar-refractivity contribution in [2.24, 2.45) is 4.99 Å². The van der Waals surface area contributed by atoms with Gasteiger partial charge in [-0.3, -0.25) is 14.2 Å². The van der Waals surface area contributed by atoms with Gasteiger partial charge in [-0.2, -0.15) is 0 Å². The fourth-order valence-corrected chi connectivity index (χ4v) is 6.14. The maximum absolute atomic E-state index is 14.2. The van der Waals surface area contributed by atoms with Crippen LogP contribution in [-0.4, -0.2) is 35.6 Å². The lowest BCUT2D eigenvalue weighted by Gasteiger charge is -2.29. The molecule has 42 heavy (non-hydrogen) atoms. The van der Waals surface area contributed by atoms with Gasteiger partial charge in [-0.1, -0.05) is 65.9 Å². The molecular formula is C33H32FN3O4S. The maximum Gasteiger partial charge on any atom is 0.271 e. The standard InChI is InChI=1S/C33H32FN3O4S/c1-5-36(6-2)32(39)29-21(3)35-33-37(30(29)24-15-9-12-18-27(24)40-4)31(38)28(42-33)19-22-13-8-11-17-26(22)41-20-23-14-7-10-16-25(23)34/h7-19,30H,5-6,20H2,1-4H3. The van der Waals surface area contributed by atoms with Crippen LogP contribution in [0.2, 0.25) is 0 Å². The van der Waals surface area contributed by atoms with Crippen molar-refractivity contribution in [1.29, 1.82) is 0 Å². The van der Waals surface area contributed by atoms with Crippen molar-refractivity contribution in [2.75, 3.05) is 20.2 Å². The molecule has 1 aromatic heterocycles. The monoisotopic (exact) mass is 585 g/mol. The minimum atomic E-state index is -0.722. The predicted octanol–water partition coefficient (Wildman–Crippen LogP) is 4.83. The third-order valence-corrected chi connectivity index (χ3v) is 8.27. The summed E-state index contributed by atoms with van der Waals surface area (Å²) in [6, 6.07) is 20.5. The summed E-state index contributed by atoms with van der Waals surface area (Å²) in [5.41, 5.74) is 2.52. The number of fused-ring (bicyclic) bond motifs is 1. The number of benzene rings is 3. The third kappa shape index (κ3) is 5.52. The molecule has 1 aliphatic heterocycles. The van der Waals surface area contributed by atoms with Gasteiger partial charge >= 0.3 is 0 Å². The minimum absolute atomic E-state index is 0.0442. The largest absolute Gasteiger partial charge is 0.496 e. The average Bonchev–Trinajstić information content (AvgIpc) is 3.31. The Hall–Kier alpha value is -4.50. The summed E-state index contributed by atoms with van der Waals surface area (Å²) in [5, 5.41) is 0. The van der Waals surface area contributed by atoms with E-state index < -0.39 is 6.04 Å². The molecule has 5 rings (SSSR count). The zero-order chi connectivity index (χ0) is 29.8. The van der Waals surface area contributed by atoms with E-state index in [2.05, 4.69) is 0 Å². The van der Waals surface area contributed by atoms with E-state index in [4.69, 9.17) is 14.5 Å². The van der Waals surface area contributed by atoms with Crippen LogP contribution in [0.3, 0.4) is 0 Å². The molecule has 0 spiro atoms. The molecule has 0 saturated carbocycles. The summed E-state index contributed by atoms with van der Waals surface area (Å²) >= 11 is 1.24. The molecule has 0 fully saturated rings. The number of methoxy groups -OCH3 is 1. The van der Waals surface area contributed by atoms with Crippen LogP contribution in [0.4, 0.5) is 4.39 Å². The lowest BCUT2D eigenvalue weighted by atomic mass is 9.94. The van der Waals surface area contributed by atoms with Gasteiger partial charge in [0.2, 0.25) is 0 Å². The van der Waals surface area contributed by atoms with Gasteiger partial charge in [0.05, 0.1) is 22.9 Å². The second-order valence-corrected chi connectivity index (χ2v) is 10.7. The van der Waals surface area contributed by atoms with Crippen molar-refractivity contribution in [1.82, 2.24) is 9.47 Å². The smallest absolute Gasteiger partial charge is 0.271 e. The molecule has 3 aromatic carbocycles. The zero-order valence-electron chi connectivity index (χ0n) is 24.0. The highest BCUT2D eigenvalue weighted by Crippen LogP contribution is 2.36. The molecule has 0 radical (unpaired) electrons. The molecule has 4 aromatic rings. The van der Waals surface area contributed by atoms with E-state index in [1.54, 1.807) is 46.9 Å². The van der Waals surface area contributed by atoms with E-state index in [0.717, 1.165) is 0 Å². The van der Waals surface area contributed by atoms with E-state index in [1.165, 1.54) is 17.4 Å². The summed E-state index contributed by atoms with van der Waals surface area (Å²) in [7, 11) is 1.57. The molecule has 1 atom stereocenters. The Labute approximate surface area is 247 Å². The van der Waals surface area contributed by atoms with Crippen LogP contribution in [0.25, 0.3) is 6.08 Å². The van der Waals surface area contributed by atoms with Gasteiger partial charge in [0.15, 0.2) is 4.80 Å². The van der Waals surface area contributed by atoms with Gasteiger partial charge in [0, 0.05) is 29.8 Å². The van der Waals surface area contributed by atoms with E-state index in [9.17, 15) is 14.0 Å². The van der Waals surface area contributed by atoms with Crippen molar-refractivity contribution < 1.29 is 18.7 Å². The molecule has 2 heterocycles. The number of carbonyl (C=O) groups is 1. The Kier molecular flexibility index (Phi) is 8.68. The minimum Gasteiger partial charge on any atom is -0.496 e. The van der Waals surface area contributed by atoms with E-state index in [1.807, 2.05) is 63.2 Å². The average molecular weight is 586 g/mol. The number of thiazole rings is 1. The van der Waals surface area contributed by atoms with Crippen molar-refractivity contribution in [3.05, 3.63) is 126 Å². The molecule has 7 nitrogen and oxygen atoms in total. The first-order chi connectivity index (χ1) is 20.4. The number of carbonyl (C=O) groups excluding carboxylic acids is 1. The Morgan fingerprint density at radius 1 is 1.02 bits per heavy atom. The summed E-state index contributed by atoms with van der Waals surface area (Å²) in [6.07, 6.45) is 1.75. The molecule has 1 amide bonds.